The molecule has 66 valence electrons. The van der Waals surface area contributed by atoms with Crippen molar-refractivity contribution in [2.75, 3.05) is 7.11 Å². The quantitative estimate of drug-likeness (QED) is 0.664. The highest BCUT2D eigenvalue weighted by molar-refractivity contribution is 7.99. The Hall–Kier alpha value is -0.630. The summed E-state index contributed by atoms with van der Waals surface area (Å²) in [7, 11) is 1.69. The molecule has 1 aromatic rings. The largest absolute Gasteiger partial charge is 0.497 e. The summed E-state index contributed by atoms with van der Waals surface area (Å²) < 4.78 is 5.06. The van der Waals surface area contributed by atoms with Gasteiger partial charge in [-0.25, -0.2) is 0 Å². The third-order valence-electron chi connectivity index (χ3n) is 1.43. The molecule has 0 amide bonds. The summed E-state index contributed by atoms with van der Waals surface area (Å²) in [5, 5.41) is 0.637. The van der Waals surface area contributed by atoms with Gasteiger partial charge in [0.1, 0.15) is 5.75 Å². The van der Waals surface area contributed by atoms with E-state index in [4.69, 9.17) is 4.74 Å². The van der Waals surface area contributed by atoms with Crippen LogP contribution in [-0.4, -0.2) is 12.4 Å². The second kappa shape index (κ2) is 4.41. The van der Waals surface area contributed by atoms with Gasteiger partial charge < -0.3 is 4.74 Å². The first-order valence-corrected chi connectivity index (χ1v) is 4.91. The van der Waals surface area contributed by atoms with Crippen LogP contribution < -0.4 is 4.74 Å². The van der Waals surface area contributed by atoms with E-state index in [2.05, 4.69) is 26.0 Å². The molecule has 12 heavy (non-hydrogen) atoms. The van der Waals surface area contributed by atoms with Crippen LogP contribution in [0.5, 0.6) is 5.75 Å². The Morgan fingerprint density at radius 1 is 1.17 bits per heavy atom. The molecule has 0 unspecified atom stereocenters. The summed E-state index contributed by atoms with van der Waals surface area (Å²) in [5.41, 5.74) is 0. The van der Waals surface area contributed by atoms with Gasteiger partial charge in [0.15, 0.2) is 0 Å². The van der Waals surface area contributed by atoms with Crippen LogP contribution in [0.2, 0.25) is 0 Å². The van der Waals surface area contributed by atoms with Crippen molar-refractivity contribution in [2.24, 2.45) is 0 Å². The Balaban J connectivity index is 2.65. The molecule has 0 aromatic heterocycles. The summed E-state index contributed by atoms with van der Waals surface area (Å²) in [4.78, 5) is 1.30. The van der Waals surface area contributed by atoms with E-state index >= 15 is 0 Å². The van der Waals surface area contributed by atoms with E-state index in [9.17, 15) is 0 Å². The van der Waals surface area contributed by atoms with Gasteiger partial charge in [-0.2, -0.15) is 0 Å². The maximum Gasteiger partial charge on any atom is 0.118 e. The van der Waals surface area contributed by atoms with Crippen molar-refractivity contribution in [1.29, 1.82) is 0 Å². The fourth-order valence-corrected chi connectivity index (χ4v) is 1.76. The average Bonchev–Trinajstić information content (AvgIpc) is 2.05. The lowest BCUT2D eigenvalue weighted by Gasteiger charge is -2.05. The second-order valence-electron chi connectivity index (χ2n) is 2.84. The van der Waals surface area contributed by atoms with Gasteiger partial charge in [0.05, 0.1) is 7.11 Å². The van der Waals surface area contributed by atoms with Crippen molar-refractivity contribution < 1.29 is 4.74 Å². The van der Waals surface area contributed by atoms with E-state index in [0.717, 1.165) is 5.75 Å². The van der Waals surface area contributed by atoms with E-state index in [0.29, 0.717) is 5.25 Å². The maximum atomic E-state index is 5.06. The van der Waals surface area contributed by atoms with Crippen LogP contribution in [-0.2, 0) is 0 Å². The fourth-order valence-electron chi connectivity index (χ4n) is 0.926. The standard InChI is InChI=1S/C10H14OS/c1-8(2)12-10-6-4-9(11-3)5-7-10/h4-8H,1-3H3. The van der Waals surface area contributed by atoms with Crippen molar-refractivity contribution in [3.63, 3.8) is 0 Å². The molecule has 0 spiro atoms. The Labute approximate surface area is 78.1 Å². The van der Waals surface area contributed by atoms with Crippen LogP contribution in [0.3, 0.4) is 0 Å². The lowest BCUT2D eigenvalue weighted by Crippen LogP contribution is -1.86. The number of rotatable bonds is 3. The topological polar surface area (TPSA) is 9.23 Å². The number of thioether (sulfide) groups is 1. The van der Waals surface area contributed by atoms with Gasteiger partial charge in [0.2, 0.25) is 0 Å². The molecule has 0 heterocycles. The van der Waals surface area contributed by atoms with Gasteiger partial charge in [0, 0.05) is 10.1 Å². The predicted molar refractivity (Wildman–Crippen MR) is 54.0 cm³/mol. The Morgan fingerprint density at radius 3 is 2.17 bits per heavy atom. The molecule has 0 aliphatic carbocycles. The first-order chi connectivity index (χ1) is 5.72. The minimum atomic E-state index is 0.637. The zero-order valence-corrected chi connectivity index (χ0v) is 8.52. The minimum absolute atomic E-state index is 0.637. The highest BCUT2D eigenvalue weighted by atomic mass is 32.2. The number of ether oxygens (including phenoxy) is 1. The average molecular weight is 182 g/mol. The second-order valence-corrected chi connectivity index (χ2v) is 4.49. The fraction of sp³-hybridized carbons (Fsp3) is 0.400. The van der Waals surface area contributed by atoms with Gasteiger partial charge in [-0.05, 0) is 24.3 Å². The molecule has 1 aromatic carbocycles. The molecule has 0 saturated carbocycles. The van der Waals surface area contributed by atoms with Crippen molar-refractivity contribution in [2.45, 2.75) is 24.0 Å². The molecule has 0 N–H and O–H groups in total. The predicted octanol–water partition coefficient (Wildman–Crippen LogP) is 3.20. The van der Waals surface area contributed by atoms with Gasteiger partial charge >= 0.3 is 0 Å². The summed E-state index contributed by atoms with van der Waals surface area (Å²) in [5.74, 6) is 0.920. The monoisotopic (exact) mass is 182 g/mol. The summed E-state index contributed by atoms with van der Waals surface area (Å²) in [6.07, 6.45) is 0. The Morgan fingerprint density at radius 2 is 1.75 bits per heavy atom. The zero-order valence-electron chi connectivity index (χ0n) is 7.70. The first-order valence-electron chi connectivity index (χ1n) is 4.03. The van der Waals surface area contributed by atoms with Crippen LogP contribution in [0.1, 0.15) is 13.8 Å². The molecule has 1 rings (SSSR count). The molecule has 0 fully saturated rings. The smallest absolute Gasteiger partial charge is 0.118 e. The van der Waals surface area contributed by atoms with Crippen molar-refractivity contribution in [3.8, 4) is 5.75 Å². The van der Waals surface area contributed by atoms with E-state index in [-0.39, 0.29) is 0 Å². The third kappa shape index (κ3) is 2.78. The van der Waals surface area contributed by atoms with Crippen LogP contribution in [0.15, 0.2) is 29.2 Å². The van der Waals surface area contributed by atoms with Crippen molar-refractivity contribution in [3.05, 3.63) is 24.3 Å². The molecule has 0 atom stereocenters. The third-order valence-corrected chi connectivity index (χ3v) is 2.45. The van der Waals surface area contributed by atoms with Crippen LogP contribution in [0, 0.1) is 0 Å². The molecule has 0 aliphatic heterocycles. The summed E-state index contributed by atoms with van der Waals surface area (Å²) in [6.45, 7) is 4.38. The van der Waals surface area contributed by atoms with Gasteiger partial charge in [-0.3, -0.25) is 0 Å². The number of benzene rings is 1. The Kier molecular flexibility index (Phi) is 3.48. The van der Waals surface area contributed by atoms with Crippen molar-refractivity contribution >= 4 is 11.8 Å². The molecular weight excluding hydrogens is 168 g/mol. The molecule has 0 radical (unpaired) electrons. The maximum absolute atomic E-state index is 5.06. The van der Waals surface area contributed by atoms with Gasteiger partial charge in [0.25, 0.3) is 0 Å². The number of hydrogen-bond donors (Lipinski definition) is 0. The molecule has 0 aliphatic rings. The Bertz CT molecular complexity index is 228. The highest BCUT2D eigenvalue weighted by Gasteiger charge is 1.97. The lowest BCUT2D eigenvalue weighted by atomic mass is 10.3. The first kappa shape index (κ1) is 9.46. The van der Waals surface area contributed by atoms with Gasteiger partial charge in [-0.1, -0.05) is 13.8 Å². The number of methoxy groups -OCH3 is 1. The lowest BCUT2D eigenvalue weighted by molar-refractivity contribution is 0.414. The molecule has 2 heteroatoms. The molecule has 1 nitrogen and oxygen atoms in total. The van der Waals surface area contributed by atoms with E-state index < -0.39 is 0 Å². The van der Waals surface area contributed by atoms with Gasteiger partial charge in [-0.15, -0.1) is 11.8 Å². The van der Waals surface area contributed by atoms with Crippen LogP contribution in [0.4, 0.5) is 0 Å². The zero-order chi connectivity index (χ0) is 8.97. The molecular formula is C10H14OS. The molecule has 0 saturated heterocycles. The minimum Gasteiger partial charge on any atom is -0.497 e. The summed E-state index contributed by atoms with van der Waals surface area (Å²) in [6, 6.07) is 8.16. The van der Waals surface area contributed by atoms with Crippen LogP contribution in [0.25, 0.3) is 0 Å². The van der Waals surface area contributed by atoms with Crippen LogP contribution >= 0.6 is 11.8 Å². The highest BCUT2D eigenvalue weighted by Crippen LogP contribution is 2.24. The van der Waals surface area contributed by atoms with E-state index in [1.165, 1.54) is 4.90 Å². The SMILES string of the molecule is COc1ccc(SC(C)C)cc1. The summed E-state index contributed by atoms with van der Waals surface area (Å²) >= 11 is 1.86. The van der Waals surface area contributed by atoms with Crippen molar-refractivity contribution in [1.82, 2.24) is 0 Å². The number of hydrogen-bond acceptors (Lipinski definition) is 2. The molecule has 0 bridgehead atoms. The van der Waals surface area contributed by atoms with E-state index in [1.807, 2.05) is 23.9 Å². The van der Waals surface area contributed by atoms with E-state index in [1.54, 1.807) is 7.11 Å². The normalized spacial score (nSPS) is 10.3.